The summed E-state index contributed by atoms with van der Waals surface area (Å²) in [6, 6.07) is 20.6. The van der Waals surface area contributed by atoms with E-state index >= 15 is 0 Å². The minimum Gasteiger partial charge on any atom is -0.365 e. The van der Waals surface area contributed by atoms with Gasteiger partial charge in [-0.25, -0.2) is 4.39 Å². The molecular weight excluding hydrogens is 425 g/mol. The SMILES string of the molecule is CN(Cc1ccccc1)C1=C(c2ccc([N+](=O)[O-])cc2)C(=O)N(Cc2ccc(F)cc2)C1=O. The van der Waals surface area contributed by atoms with Gasteiger partial charge in [-0.15, -0.1) is 0 Å². The molecule has 0 aromatic heterocycles. The highest BCUT2D eigenvalue weighted by atomic mass is 19.1. The van der Waals surface area contributed by atoms with E-state index in [1.54, 1.807) is 11.9 Å². The van der Waals surface area contributed by atoms with Crippen LogP contribution in [0.15, 0.2) is 84.6 Å². The van der Waals surface area contributed by atoms with E-state index in [1.807, 2.05) is 30.3 Å². The lowest BCUT2D eigenvalue weighted by Gasteiger charge is -2.21. The fraction of sp³-hybridized carbons (Fsp3) is 0.120. The quantitative estimate of drug-likeness (QED) is 0.310. The normalized spacial score (nSPS) is 13.6. The third kappa shape index (κ3) is 4.50. The number of nitrogens with zero attached hydrogens (tertiary/aromatic N) is 3. The van der Waals surface area contributed by atoms with E-state index in [0.717, 1.165) is 10.5 Å². The Bertz CT molecular complexity index is 1240. The van der Waals surface area contributed by atoms with Crippen LogP contribution in [-0.4, -0.2) is 33.6 Å². The van der Waals surface area contributed by atoms with Gasteiger partial charge in [0.15, 0.2) is 0 Å². The summed E-state index contributed by atoms with van der Waals surface area (Å²) in [6.07, 6.45) is 0. The number of hydrogen-bond acceptors (Lipinski definition) is 5. The Kier molecular flexibility index (Phi) is 5.99. The number of rotatable bonds is 7. The molecule has 166 valence electrons. The second-order valence-corrected chi connectivity index (χ2v) is 7.69. The van der Waals surface area contributed by atoms with Gasteiger partial charge in [-0.1, -0.05) is 42.5 Å². The highest BCUT2D eigenvalue weighted by Gasteiger charge is 2.40. The van der Waals surface area contributed by atoms with Crippen LogP contribution < -0.4 is 0 Å². The molecule has 0 fully saturated rings. The van der Waals surface area contributed by atoms with Crippen LogP contribution in [0.25, 0.3) is 5.57 Å². The largest absolute Gasteiger partial charge is 0.365 e. The zero-order valence-electron chi connectivity index (χ0n) is 17.8. The molecule has 2 amide bonds. The Labute approximate surface area is 189 Å². The predicted molar refractivity (Wildman–Crippen MR) is 120 cm³/mol. The van der Waals surface area contributed by atoms with Gasteiger partial charge >= 0.3 is 0 Å². The van der Waals surface area contributed by atoms with Gasteiger partial charge in [-0.2, -0.15) is 0 Å². The number of halogens is 1. The summed E-state index contributed by atoms with van der Waals surface area (Å²) in [5.41, 5.74) is 2.24. The molecule has 0 unspecified atom stereocenters. The van der Waals surface area contributed by atoms with Crippen LogP contribution in [0.4, 0.5) is 10.1 Å². The van der Waals surface area contributed by atoms with E-state index in [1.165, 1.54) is 48.5 Å². The lowest BCUT2D eigenvalue weighted by Crippen LogP contribution is -2.33. The van der Waals surface area contributed by atoms with Crippen molar-refractivity contribution in [3.8, 4) is 0 Å². The summed E-state index contributed by atoms with van der Waals surface area (Å²) in [4.78, 5) is 40.1. The van der Waals surface area contributed by atoms with E-state index < -0.39 is 22.6 Å². The number of carbonyl (C=O) groups excluding carboxylic acids is 2. The van der Waals surface area contributed by atoms with Crippen LogP contribution >= 0.6 is 0 Å². The second-order valence-electron chi connectivity index (χ2n) is 7.69. The zero-order chi connectivity index (χ0) is 23.5. The van der Waals surface area contributed by atoms with Crippen molar-refractivity contribution in [2.75, 3.05) is 7.05 Å². The molecule has 1 heterocycles. The minimum absolute atomic E-state index is 0.0168. The Morgan fingerprint density at radius 2 is 1.52 bits per heavy atom. The van der Waals surface area contributed by atoms with Crippen LogP contribution in [-0.2, 0) is 22.7 Å². The molecule has 0 N–H and O–H groups in total. The summed E-state index contributed by atoms with van der Waals surface area (Å²) in [7, 11) is 1.72. The summed E-state index contributed by atoms with van der Waals surface area (Å²) in [5, 5.41) is 11.0. The second kappa shape index (κ2) is 9.04. The molecule has 0 spiro atoms. The molecule has 0 saturated carbocycles. The number of non-ortho nitro benzene ring substituents is 1. The number of hydrogen-bond donors (Lipinski definition) is 0. The lowest BCUT2D eigenvalue weighted by atomic mass is 10.0. The number of imide groups is 1. The average Bonchev–Trinajstić information content (AvgIpc) is 3.06. The molecular formula is C25H20FN3O4. The molecule has 0 saturated heterocycles. The Hall–Kier alpha value is -4.33. The first-order valence-electron chi connectivity index (χ1n) is 10.2. The number of nitro groups is 1. The van der Waals surface area contributed by atoms with Crippen LogP contribution in [0, 0.1) is 15.9 Å². The molecule has 33 heavy (non-hydrogen) atoms. The monoisotopic (exact) mass is 445 g/mol. The van der Waals surface area contributed by atoms with Crippen molar-refractivity contribution >= 4 is 23.1 Å². The van der Waals surface area contributed by atoms with Crippen molar-refractivity contribution in [2.45, 2.75) is 13.1 Å². The number of likely N-dealkylation sites (N-methyl/N-ethyl adjacent to an activating group) is 1. The maximum atomic E-state index is 13.4. The summed E-state index contributed by atoms with van der Waals surface area (Å²) >= 11 is 0. The molecule has 4 rings (SSSR count). The third-order valence-electron chi connectivity index (χ3n) is 5.41. The van der Waals surface area contributed by atoms with Crippen molar-refractivity contribution in [2.24, 2.45) is 0 Å². The van der Waals surface area contributed by atoms with Gasteiger partial charge in [0.05, 0.1) is 17.0 Å². The first-order valence-corrected chi connectivity index (χ1v) is 10.2. The lowest BCUT2D eigenvalue weighted by molar-refractivity contribution is -0.384. The summed E-state index contributed by atoms with van der Waals surface area (Å²) < 4.78 is 13.3. The van der Waals surface area contributed by atoms with E-state index in [-0.39, 0.29) is 23.5 Å². The van der Waals surface area contributed by atoms with Crippen molar-refractivity contribution in [1.29, 1.82) is 0 Å². The van der Waals surface area contributed by atoms with Gasteiger partial charge in [0.25, 0.3) is 17.5 Å². The van der Waals surface area contributed by atoms with E-state index in [9.17, 15) is 24.1 Å². The number of amides is 2. The van der Waals surface area contributed by atoms with E-state index in [0.29, 0.717) is 17.7 Å². The highest BCUT2D eigenvalue weighted by molar-refractivity contribution is 6.35. The molecule has 0 radical (unpaired) electrons. The third-order valence-corrected chi connectivity index (χ3v) is 5.41. The maximum absolute atomic E-state index is 13.4. The van der Waals surface area contributed by atoms with Crippen LogP contribution in [0.2, 0.25) is 0 Å². The number of benzene rings is 3. The summed E-state index contributed by atoms with van der Waals surface area (Å²) in [5.74, 6) is -1.39. The van der Waals surface area contributed by atoms with Gasteiger partial charge in [0.2, 0.25) is 0 Å². The van der Waals surface area contributed by atoms with E-state index in [2.05, 4.69) is 0 Å². The predicted octanol–water partition coefficient (Wildman–Crippen LogP) is 4.15. The van der Waals surface area contributed by atoms with Crippen molar-refractivity contribution in [1.82, 2.24) is 9.80 Å². The summed E-state index contributed by atoms with van der Waals surface area (Å²) in [6.45, 7) is 0.368. The van der Waals surface area contributed by atoms with Crippen molar-refractivity contribution < 1.29 is 18.9 Å². The molecule has 0 atom stereocenters. The molecule has 7 nitrogen and oxygen atoms in total. The van der Waals surface area contributed by atoms with Crippen LogP contribution in [0.1, 0.15) is 16.7 Å². The number of carbonyl (C=O) groups is 2. The van der Waals surface area contributed by atoms with Crippen LogP contribution in [0.3, 0.4) is 0 Å². The smallest absolute Gasteiger partial charge is 0.278 e. The molecule has 3 aromatic rings. The molecule has 3 aromatic carbocycles. The van der Waals surface area contributed by atoms with Gasteiger partial charge in [-0.05, 0) is 41.0 Å². The van der Waals surface area contributed by atoms with Gasteiger partial charge < -0.3 is 4.90 Å². The molecule has 1 aliphatic heterocycles. The van der Waals surface area contributed by atoms with Gasteiger partial charge in [0.1, 0.15) is 11.5 Å². The first-order chi connectivity index (χ1) is 15.8. The highest BCUT2D eigenvalue weighted by Crippen LogP contribution is 2.33. The Morgan fingerprint density at radius 1 is 0.879 bits per heavy atom. The molecule has 0 aliphatic carbocycles. The van der Waals surface area contributed by atoms with Crippen LogP contribution in [0.5, 0.6) is 0 Å². The molecule has 1 aliphatic rings. The van der Waals surface area contributed by atoms with Gasteiger partial charge in [0, 0.05) is 25.7 Å². The number of nitro benzene ring substituents is 1. The Morgan fingerprint density at radius 3 is 2.12 bits per heavy atom. The Balaban J connectivity index is 1.73. The fourth-order valence-corrected chi connectivity index (χ4v) is 3.78. The maximum Gasteiger partial charge on any atom is 0.278 e. The van der Waals surface area contributed by atoms with Crippen molar-refractivity contribution in [3.63, 3.8) is 0 Å². The fourth-order valence-electron chi connectivity index (χ4n) is 3.78. The van der Waals surface area contributed by atoms with Gasteiger partial charge in [-0.3, -0.25) is 24.6 Å². The average molecular weight is 445 g/mol. The minimum atomic E-state index is -0.525. The standard InChI is InChI=1S/C25H20FN3O4/c1-27(15-17-5-3-2-4-6-17)23-22(19-9-13-21(14-10-19)29(32)33)24(30)28(25(23)31)16-18-7-11-20(26)12-8-18/h2-14H,15-16H2,1H3. The topological polar surface area (TPSA) is 83.8 Å². The first kappa shape index (κ1) is 21.9. The molecule has 8 heteroatoms. The van der Waals surface area contributed by atoms with Crippen molar-refractivity contribution in [3.05, 3.63) is 117 Å². The zero-order valence-corrected chi connectivity index (χ0v) is 17.8. The van der Waals surface area contributed by atoms with E-state index in [4.69, 9.17) is 0 Å². The molecule has 0 bridgehead atoms.